The number of ether oxygens (including phenoxy) is 1. The molecule has 0 spiro atoms. The van der Waals surface area contributed by atoms with E-state index in [0.717, 1.165) is 23.3 Å². The van der Waals surface area contributed by atoms with Crippen LogP contribution in [0.1, 0.15) is 40.2 Å². The number of aryl methyl sites for hydroxylation is 1. The van der Waals surface area contributed by atoms with E-state index in [9.17, 15) is 19.2 Å². The summed E-state index contributed by atoms with van der Waals surface area (Å²) in [5.74, 6) is -1.68. The molecule has 2 amide bonds. The van der Waals surface area contributed by atoms with Crippen molar-refractivity contribution in [2.24, 2.45) is 23.7 Å². The number of amides is 2. The van der Waals surface area contributed by atoms with Gasteiger partial charge in [0.15, 0.2) is 12.4 Å². The van der Waals surface area contributed by atoms with Gasteiger partial charge in [0, 0.05) is 5.56 Å². The lowest BCUT2D eigenvalue weighted by atomic mass is 9.73. The van der Waals surface area contributed by atoms with E-state index in [1.54, 1.807) is 12.1 Å². The molecule has 1 heterocycles. The molecule has 0 aromatic heterocycles. The van der Waals surface area contributed by atoms with Crippen LogP contribution in [0.2, 0.25) is 0 Å². The van der Waals surface area contributed by atoms with Gasteiger partial charge in [0.05, 0.1) is 11.8 Å². The number of imide groups is 1. The van der Waals surface area contributed by atoms with Crippen LogP contribution in [0.15, 0.2) is 54.6 Å². The fourth-order valence-corrected chi connectivity index (χ4v) is 5.90. The normalized spacial score (nSPS) is 28.2. The van der Waals surface area contributed by atoms with E-state index in [0.29, 0.717) is 5.56 Å². The van der Waals surface area contributed by atoms with Crippen molar-refractivity contribution in [3.05, 3.63) is 71.3 Å². The lowest BCUT2D eigenvalue weighted by Crippen LogP contribution is -2.38. The maximum absolute atomic E-state index is 13.1. The molecule has 6 nitrogen and oxygen atoms in total. The Balaban J connectivity index is 1.22. The van der Waals surface area contributed by atoms with Crippen LogP contribution in [0.3, 0.4) is 0 Å². The minimum absolute atomic E-state index is 0.132. The maximum Gasteiger partial charge on any atom is 0.326 e. The molecule has 3 aliphatic rings. The fraction of sp³-hybridized carbons (Fsp3) is 0.385. The van der Waals surface area contributed by atoms with Gasteiger partial charge in [-0.2, -0.15) is 0 Å². The van der Waals surface area contributed by atoms with Gasteiger partial charge in [0.25, 0.3) is 0 Å². The van der Waals surface area contributed by atoms with Crippen molar-refractivity contribution in [1.29, 1.82) is 0 Å². The zero-order valence-corrected chi connectivity index (χ0v) is 17.9. The van der Waals surface area contributed by atoms with Crippen LogP contribution >= 0.6 is 0 Å². The first-order valence-corrected chi connectivity index (χ1v) is 11.1. The quantitative estimate of drug-likeness (QED) is 0.399. The molecule has 6 heteroatoms. The molecule has 2 aliphatic carbocycles. The SMILES string of the molecule is Cc1ccc(C(=O)COC(=O)CN2C(=O)[C@@H]3[C@@H]4C[C@@H]([C@H]3C2=O)[C@H](c2ccccc2)C4)cc1. The van der Waals surface area contributed by atoms with Gasteiger partial charge in [0.2, 0.25) is 11.8 Å². The Morgan fingerprint density at radius 2 is 1.62 bits per heavy atom. The molecule has 1 aliphatic heterocycles. The summed E-state index contributed by atoms with van der Waals surface area (Å²) < 4.78 is 5.09. The van der Waals surface area contributed by atoms with Crippen molar-refractivity contribution in [2.75, 3.05) is 13.2 Å². The lowest BCUT2D eigenvalue weighted by Gasteiger charge is -2.28. The van der Waals surface area contributed by atoms with Gasteiger partial charge in [-0.1, -0.05) is 60.2 Å². The summed E-state index contributed by atoms with van der Waals surface area (Å²) in [5, 5.41) is 0. The number of benzene rings is 2. The first-order valence-electron chi connectivity index (χ1n) is 11.1. The number of nitrogens with zero attached hydrogens (tertiary/aromatic N) is 1. The number of likely N-dealkylation sites (tertiary alicyclic amines) is 1. The summed E-state index contributed by atoms with van der Waals surface area (Å²) in [6.07, 6.45) is 1.79. The molecule has 0 unspecified atom stereocenters. The van der Waals surface area contributed by atoms with Crippen molar-refractivity contribution in [3.8, 4) is 0 Å². The number of hydrogen-bond donors (Lipinski definition) is 0. The summed E-state index contributed by atoms with van der Waals surface area (Å²) in [6.45, 7) is 1.08. The van der Waals surface area contributed by atoms with Crippen molar-refractivity contribution in [3.63, 3.8) is 0 Å². The largest absolute Gasteiger partial charge is 0.456 e. The molecule has 164 valence electrons. The van der Waals surface area contributed by atoms with Crippen molar-refractivity contribution in [1.82, 2.24) is 4.90 Å². The van der Waals surface area contributed by atoms with Crippen LogP contribution in [0, 0.1) is 30.6 Å². The highest BCUT2D eigenvalue weighted by Gasteiger charge is 2.64. The Labute approximate surface area is 186 Å². The second-order valence-corrected chi connectivity index (χ2v) is 9.18. The monoisotopic (exact) mass is 431 g/mol. The van der Waals surface area contributed by atoms with Gasteiger partial charge >= 0.3 is 5.97 Å². The van der Waals surface area contributed by atoms with Crippen molar-refractivity contribution in [2.45, 2.75) is 25.7 Å². The first-order chi connectivity index (χ1) is 15.4. The average Bonchev–Trinajstić information content (AvgIpc) is 3.46. The van der Waals surface area contributed by atoms with Crippen LogP contribution in [-0.2, 0) is 19.1 Å². The fourth-order valence-electron chi connectivity index (χ4n) is 5.90. The van der Waals surface area contributed by atoms with E-state index in [1.807, 2.05) is 37.3 Å². The summed E-state index contributed by atoms with van der Waals surface area (Å²) in [5.41, 5.74) is 2.69. The van der Waals surface area contributed by atoms with Crippen LogP contribution in [-0.4, -0.2) is 41.6 Å². The van der Waals surface area contributed by atoms with Gasteiger partial charge in [-0.25, -0.2) is 0 Å². The average molecular weight is 431 g/mol. The van der Waals surface area contributed by atoms with Crippen LogP contribution in [0.25, 0.3) is 0 Å². The zero-order valence-electron chi connectivity index (χ0n) is 17.9. The number of fused-ring (bicyclic) bond motifs is 5. The Bertz CT molecular complexity index is 1080. The van der Waals surface area contributed by atoms with E-state index < -0.39 is 19.1 Å². The summed E-state index contributed by atoms with van der Waals surface area (Å²) >= 11 is 0. The topological polar surface area (TPSA) is 80.8 Å². The molecular formula is C26H25NO5. The number of esters is 1. The second-order valence-electron chi connectivity index (χ2n) is 9.18. The summed E-state index contributed by atoms with van der Waals surface area (Å²) in [7, 11) is 0. The Morgan fingerprint density at radius 1 is 0.938 bits per heavy atom. The Morgan fingerprint density at radius 3 is 2.34 bits per heavy atom. The van der Waals surface area contributed by atoms with Crippen LogP contribution in [0.5, 0.6) is 0 Å². The van der Waals surface area contributed by atoms with Gasteiger partial charge in [-0.05, 0) is 43.1 Å². The summed E-state index contributed by atoms with van der Waals surface area (Å²) in [6, 6.07) is 17.1. The Kier molecular flexibility index (Phi) is 5.16. The third-order valence-corrected chi connectivity index (χ3v) is 7.36. The number of carbonyl (C=O) groups is 4. The van der Waals surface area contributed by atoms with Gasteiger partial charge in [0.1, 0.15) is 6.54 Å². The molecule has 2 aromatic rings. The third-order valence-electron chi connectivity index (χ3n) is 7.36. The lowest BCUT2D eigenvalue weighted by molar-refractivity contribution is -0.152. The first kappa shape index (κ1) is 20.6. The zero-order chi connectivity index (χ0) is 22.4. The predicted octanol–water partition coefficient (Wildman–Crippen LogP) is 3.15. The highest BCUT2D eigenvalue weighted by Crippen LogP contribution is 2.61. The Hall–Kier alpha value is -3.28. The van der Waals surface area contributed by atoms with Crippen LogP contribution < -0.4 is 0 Å². The molecule has 1 saturated heterocycles. The number of hydrogen-bond acceptors (Lipinski definition) is 5. The van der Waals surface area contributed by atoms with Gasteiger partial charge in [-0.3, -0.25) is 24.1 Å². The minimum Gasteiger partial charge on any atom is -0.456 e. The molecule has 2 saturated carbocycles. The summed E-state index contributed by atoms with van der Waals surface area (Å²) in [4.78, 5) is 51.7. The van der Waals surface area contributed by atoms with E-state index >= 15 is 0 Å². The van der Waals surface area contributed by atoms with E-state index in [4.69, 9.17) is 4.74 Å². The number of ketones is 1. The van der Waals surface area contributed by atoms with E-state index in [-0.39, 0.29) is 47.2 Å². The molecule has 2 aromatic carbocycles. The minimum atomic E-state index is -0.737. The third kappa shape index (κ3) is 3.44. The highest BCUT2D eigenvalue weighted by molar-refractivity contribution is 6.08. The van der Waals surface area contributed by atoms with Crippen molar-refractivity contribution >= 4 is 23.6 Å². The molecule has 2 bridgehead atoms. The molecule has 3 fully saturated rings. The van der Waals surface area contributed by atoms with E-state index in [1.165, 1.54) is 5.56 Å². The molecule has 5 atom stereocenters. The molecule has 0 N–H and O–H groups in total. The smallest absolute Gasteiger partial charge is 0.326 e. The molecular weight excluding hydrogens is 406 g/mol. The van der Waals surface area contributed by atoms with Crippen LogP contribution in [0.4, 0.5) is 0 Å². The predicted molar refractivity (Wildman–Crippen MR) is 116 cm³/mol. The van der Waals surface area contributed by atoms with Gasteiger partial charge in [-0.15, -0.1) is 0 Å². The molecule has 5 rings (SSSR count). The standard InChI is InChI=1S/C26H25NO5/c1-15-7-9-17(10-8-15)21(28)14-32-22(29)13-27-25(30)23-18-11-19(16-5-3-2-4-6-16)20(12-18)24(23)26(27)31/h2-10,18-20,23-24H,11-14H2,1H3/t18-,19-,20+,23+,24+/m0/s1. The number of rotatable bonds is 6. The van der Waals surface area contributed by atoms with Gasteiger partial charge < -0.3 is 4.74 Å². The maximum atomic E-state index is 13.1. The molecule has 32 heavy (non-hydrogen) atoms. The molecule has 0 radical (unpaired) electrons. The van der Waals surface area contributed by atoms with E-state index in [2.05, 4.69) is 12.1 Å². The highest BCUT2D eigenvalue weighted by atomic mass is 16.5. The second kappa shape index (κ2) is 8.01. The van der Waals surface area contributed by atoms with Crippen molar-refractivity contribution < 1.29 is 23.9 Å². The number of Topliss-reactive ketones (excluding diaryl/α,β-unsaturated/α-hetero) is 1. The number of carbonyl (C=O) groups excluding carboxylic acids is 4.